The summed E-state index contributed by atoms with van der Waals surface area (Å²) in [5, 5.41) is 5.42. The molecule has 0 unspecified atom stereocenters. The number of nitrogens with one attached hydrogen (secondary N) is 1. The molecule has 4 rings (SSSR count). The lowest BCUT2D eigenvalue weighted by molar-refractivity contribution is -0.121. The van der Waals surface area contributed by atoms with Gasteiger partial charge in [-0.3, -0.25) is 14.6 Å². The standard InChI is InChI=1S/C18H14N4O2S/c23-16-10-22(15-7-2-1-5-13(15)21-16)17(24)9-12-11-25-18(20-12)14-6-3-4-8-19-14/h1-8,11H,9-10H2,(H,21,23). The summed E-state index contributed by atoms with van der Waals surface area (Å²) in [6.07, 6.45) is 1.86. The number of carbonyl (C=O) groups excluding carboxylic acids is 2. The maximum atomic E-state index is 12.7. The van der Waals surface area contributed by atoms with Gasteiger partial charge in [0.15, 0.2) is 0 Å². The number of fused-ring (bicyclic) bond motifs is 1. The molecule has 2 aromatic heterocycles. The molecule has 25 heavy (non-hydrogen) atoms. The minimum absolute atomic E-state index is 0.0209. The van der Waals surface area contributed by atoms with E-state index in [1.54, 1.807) is 12.3 Å². The summed E-state index contributed by atoms with van der Waals surface area (Å²) in [5.74, 6) is -0.348. The predicted molar refractivity (Wildman–Crippen MR) is 96.5 cm³/mol. The number of rotatable bonds is 3. The van der Waals surface area contributed by atoms with Gasteiger partial charge < -0.3 is 10.2 Å². The molecule has 3 heterocycles. The van der Waals surface area contributed by atoms with Gasteiger partial charge in [-0.2, -0.15) is 0 Å². The highest BCUT2D eigenvalue weighted by Gasteiger charge is 2.27. The molecule has 0 fully saturated rings. The second-order valence-corrected chi connectivity index (χ2v) is 6.44. The minimum atomic E-state index is -0.195. The Morgan fingerprint density at radius 1 is 1.20 bits per heavy atom. The molecule has 1 N–H and O–H groups in total. The highest BCUT2D eigenvalue weighted by atomic mass is 32.1. The van der Waals surface area contributed by atoms with Gasteiger partial charge in [-0.05, 0) is 24.3 Å². The van der Waals surface area contributed by atoms with Crippen molar-refractivity contribution >= 4 is 34.5 Å². The van der Waals surface area contributed by atoms with Gasteiger partial charge in [0.05, 0.1) is 29.2 Å². The quantitative estimate of drug-likeness (QED) is 0.788. The Morgan fingerprint density at radius 3 is 2.88 bits per heavy atom. The van der Waals surface area contributed by atoms with Crippen molar-refractivity contribution in [3.05, 3.63) is 59.7 Å². The lowest BCUT2D eigenvalue weighted by Crippen LogP contribution is -2.42. The molecule has 0 saturated heterocycles. The van der Waals surface area contributed by atoms with Crippen LogP contribution in [0.2, 0.25) is 0 Å². The maximum absolute atomic E-state index is 12.7. The number of nitrogens with zero attached hydrogens (tertiary/aromatic N) is 3. The van der Waals surface area contributed by atoms with Gasteiger partial charge in [-0.1, -0.05) is 18.2 Å². The van der Waals surface area contributed by atoms with Crippen LogP contribution in [0.25, 0.3) is 10.7 Å². The third-order valence-corrected chi connectivity index (χ3v) is 4.75. The number of carbonyl (C=O) groups is 2. The number of para-hydroxylation sites is 2. The molecule has 1 aliphatic heterocycles. The largest absolute Gasteiger partial charge is 0.323 e. The Labute approximate surface area is 148 Å². The van der Waals surface area contributed by atoms with E-state index in [4.69, 9.17) is 0 Å². The van der Waals surface area contributed by atoms with Crippen LogP contribution in [0, 0.1) is 0 Å². The van der Waals surface area contributed by atoms with Crippen molar-refractivity contribution in [3.63, 3.8) is 0 Å². The van der Waals surface area contributed by atoms with Gasteiger partial charge in [0, 0.05) is 11.6 Å². The smallest absolute Gasteiger partial charge is 0.244 e. The molecule has 124 valence electrons. The first-order chi connectivity index (χ1) is 12.2. The van der Waals surface area contributed by atoms with Crippen molar-refractivity contribution in [3.8, 4) is 10.7 Å². The van der Waals surface area contributed by atoms with Gasteiger partial charge in [0.25, 0.3) is 0 Å². The number of anilines is 2. The molecule has 0 atom stereocenters. The fraction of sp³-hybridized carbons (Fsp3) is 0.111. The third-order valence-electron chi connectivity index (χ3n) is 3.84. The average Bonchev–Trinajstić information content (AvgIpc) is 3.10. The molecule has 7 heteroatoms. The van der Waals surface area contributed by atoms with Crippen molar-refractivity contribution in [1.29, 1.82) is 0 Å². The normalized spacial score (nSPS) is 13.3. The van der Waals surface area contributed by atoms with Crippen LogP contribution in [0.15, 0.2) is 54.0 Å². The molecule has 6 nitrogen and oxygen atoms in total. The van der Waals surface area contributed by atoms with Crippen molar-refractivity contribution < 1.29 is 9.59 Å². The Bertz CT molecular complexity index is 939. The number of hydrogen-bond acceptors (Lipinski definition) is 5. The summed E-state index contributed by atoms with van der Waals surface area (Å²) < 4.78 is 0. The first-order valence-electron chi connectivity index (χ1n) is 7.76. The third kappa shape index (κ3) is 3.14. The predicted octanol–water partition coefficient (Wildman–Crippen LogP) is 2.73. The van der Waals surface area contributed by atoms with Crippen molar-refractivity contribution in [2.24, 2.45) is 0 Å². The zero-order valence-corrected chi connectivity index (χ0v) is 14.0. The number of amides is 2. The zero-order chi connectivity index (χ0) is 17.2. The van der Waals surface area contributed by atoms with E-state index in [0.29, 0.717) is 17.1 Å². The van der Waals surface area contributed by atoms with Crippen LogP contribution in [0.4, 0.5) is 11.4 Å². The van der Waals surface area contributed by atoms with Gasteiger partial charge in [0.2, 0.25) is 11.8 Å². The Morgan fingerprint density at radius 2 is 2.04 bits per heavy atom. The molecular weight excluding hydrogens is 336 g/mol. The molecule has 0 spiro atoms. The van der Waals surface area contributed by atoms with Crippen molar-refractivity contribution in [2.75, 3.05) is 16.8 Å². The number of pyridine rings is 1. The van der Waals surface area contributed by atoms with E-state index in [0.717, 1.165) is 10.7 Å². The lowest BCUT2D eigenvalue weighted by Gasteiger charge is -2.29. The van der Waals surface area contributed by atoms with Gasteiger partial charge >= 0.3 is 0 Å². The van der Waals surface area contributed by atoms with E-state index in [1.807, 2.05) is 41.8 Å². The molecule has 0 aliphatic carbocycles. The number of thiazole rings is 1. The van der Waals surface area contributed by atoms with Crippen LogP contribution < -0.4 is 10.2 Å². The van der Waals surface area contributed by atoms with Gasteiger partial charge in [-0.25, -0.2) is 4.98 Å². The van der Waals surface area contributed by atoms with E-state index in [2.05, 4.69) is 15.3 Å². The van der Waals surface area contributed by atoms with Crippen LogP contribution >= 0.6 is 11.3 Å². The first-order valence-corrected chi connectivity index (χ1v) is 8.64. The summed E-state index contributed by atoms with van der Waals surface area (Å²) in [7, 11) is 0. The lowest BCUT2D eigenvalue weighted by atomic mass is 10.1. The molecule has 1 aromatic carbocycles. The molecule has 1 aliphatic rings. The van der Waals surface area contributed by atoms with Crippen LogP contribution in [0.1, 0.15) is 5.69 Å². The zero-order valence-electron chi connectivity index (χ0n) is 13.2. The monoisotopic (exact) mass is 350 g/mol. The van der Waals surface area contributed by atoms with Crippen LogP contribution in [-0.4, -0.2) is 28.3 Å². The summed E-state index contributed by atoms with van der Waals surface area (Å²) >= 11 is 1.45. The maximum Gasteiger partial charge on any atom is 0.244 e. The highest BCUT2D eigenvalue weighted by Crippen LogP contribution is 2.29. The fourth-order valence-electron chi connectivity index (χ4n) is 2.70. The summed E-state index contributed by atoms with van der Waals surface area (Å²) in [5.41, 5.74) is 2.83. The van der Waals surface area contributed by atoms with Crippen LogP contribution in [-0.2, 0) is 16.0 Å². The van der Waals surface area contributed by atoms with E-state index < -0.39 is 0 Å². The van der Waals surface area contributed by atoms with Crippen LogP contribution in [0.3, 0.4) is 0 Å². The van der Waals surface area contributed by atoms with Crippen LogP contribution in [0.5, 0.6) is 0 Å². The van der Waals surface area contributed by atoms with Gasteiger partial charge in [0.1, 0.15) is 11.6 Å². The second kappa shape index (κ2) is 6.45. The number of benzene rings is 1. The molecule has 3 aromatic rings. The Hall–Kier alpha value is -3.06. The SMILES string of the molecule is O=C1CN(C(=O)Cc2csc(-c3ccccn3)n2)c2ccccc2N1. The molecule has 0 saturated carbocycles. The van der Waals surface area contributed by atoms with Gasteiger partial charge in [-0.15, -0.1) is 11.3 Å². The number of aromatic nitrogens is 2. The fourth-order valence-corrected chi connectivity index (χ4v) is 3.50. The Kier molecular flexibility index (Phi) is 3.99. The van der Waals surface area contributed by atoms with Crippen molar-refractivity contribution in [2.45, 2.75) is 6.42 Å². The summed E-state index contributed by atoms with van der Waals surface area (Å²) in [6, 6.07) is 12.9. The second-order valence-electron chi connectivity index (χ2n) is 5.58. The van der Waals surface area contributed by atoms with E-state index >= 15 is 0 Å². The van der Waals surface area contributed by atoms with E-state index in [-0.39, 0.29) is 24.8 Å². The summed E-state index contributed by atoms with van der Waals surface area (Å²) in [6.45, 7) is 0.0209. The molecule has 0 bridgehead atoms. The molecular formula is C18H14N4O2S. The first kappa shape index (κ1) is 15.5. The van der Waals surface area contributed by atoms with E-state index in [1.165, 1.54) is 16.2 Å². The number of hydrogen-bond donors (Lipinski definition) is 1. The average molecular weight is 350 g/mol. The molecule has 0 radical (unpaired) electrons. The van der Waals surface area contributed by atoms with E-state index in [9.17, 15) is 9.59 Å². The molecule has 2 amide bonds. The summed E-state index contributed by atoms with van der Waals surface area (Å²) in [4.78, 5) is 34.8. The topological polar surface area (TPSA) is 75.2 Å². The Balaban J connectivity index is 1.55. The highest BCUT2D eigenvalue weighted by molar-refractivity contribution is 7.13. The minimum Gasteiger partial charge on any atom is -0.323 e. The van der Waals surface area contributed by atoms with Crippen molar-refractivity contribution in [1.82, 2.24) is 9.97 Å².